The number of fused-ring (bicyclic) bond motifs is 1. The summed E-state index contributed by atoms with van der Waals surface area (Å²) < 4.78 is 5.81. The number of rotatable bonds is 3. The number of hydrogen-bond acceptors (Lipinski definition) is 4. The molecule has 3 rings (SSSR count). The molecule has 3 aromatic rings. The molecule has 0 amide bonds. The van der Waals surface area contributed by atoms with Crippen molar-refractivity contribution in [2.45, 2.75) is 13.5 Å². The maximum atomic E-state index is 5.81. The third-order valence-corrected chi connectivity index (χ3v) is 3.08. The molecule has 1 aromatic carbocycles. The van der Waals surface area contributed by atoms with Crippen LogP contribution in [-0.2, 0) is 6.54 Å². The van der Waals surface area contributed by atoms with Crippen LogP contribution in [0.15, 0.2) is 48.7 Å². The lowest BCUT2D eigenvalue weighted by Crippen LogP contribution is -2.02. The minimum atomic E-state index is 0.381. The van der Waals surface area contributed by atoms with Gasteiger partial charge in [-0.05, 0) is 31.2 Å². The van der Waals surface area contributed by atoms with Crippen LogP contribution in [0, 0.1) is 6.92 Å². The summed E-state index contributed by atoms with van der Waals surface area (Å²) in [6, 6.07) is 13.7. The van der Waals surface area contributed by atoms with Gasteiger partial charge in [0.05, 0.1) is 11.7 Å². The highest BCUT2D eigenvalue weighted by Crippen LogP contribution is 2.26. The summed E-state index contributed by atoms with van der Waals surface area (Å²) in [5.41, 5.74) is 8.50. The minimum absolute atomic E-state index is 0.381. The van der Waals surface area contributed by atoms with Crippen LogP contribution in [0.25, 0.3) is 10.9 Å². The maximum Gasteiger partial charge on any atom is 0.224 e. The average molecular weight is 265 g/mol. The smallest absolute Gasteiger partial charge is 0.224 e. The second-order valence-electron chi connectivity index (χ2n) is 4.59. The van der Waals surface area contributed by atoms with E-state index < -0.39 is 0 Å². The van der Waals surface area contributed by atoms with Gasteiger partial charge in [0.15, 0.2) is 0 Å². The number of nitrogens with zero attached hydrogens (tertiary/aromatic N) is 2. The van der Waals surface area contributed by atoms with Gasteiger partial charge in [-0.2, -0.15) is 0 Å². The third kappa shape index (κ3) is 2.46. The summed E-state index contributed by atoms with van der Waals surface area (Å²) in [5, 5.41) is 1.06. The second-order valence-corrected chi connectivity index (χ2v) is 4.59. The van der Waals surface area contributed by atoms with Crippen molar-refractivity contribution in [3.63, 3.8) is 0 Å². The molecule has 0 saturated carbocycles. The standard InChI is InChI=1S/C16H15N3O/c1-11-6-7-14(10-18-11)20-16-13(9-17)8-12-4-2-3-5-15(12)19-16/h2-8,10H,9,17H2,1H3. The quantitative estimate of drug-likeness (QED) is 0.790. The number of ether oxygens (including phenoxy) is 1. The lowest BCUT2D eigenvalue weighted by molar-refractivity contribution is 0.456. The van der Waals surface area contributed by atoms with Gasteiger partial charge in [-0.3, -0.25) is 4.98 Å². The van der Waals surface area contributed by atoms with Crippen molar-refractivity contribution in [2.75, 3.05) is 0 Å². The van der Waals surface area contributed by atoms with E-state index in [9.17, 15) is 0 Å². The molecule has 0 radical (unpaired) electrons. The van der Waals surface area contributed by atoms with Crippen molar-refractivity contribution < 1.29 is 4.74 Å². The fourth-order valence-corrected chi connectivity index (χ4v) is 2.00. The van der Waals surface area contributed by atoms with E-state index in [4.69, 9.17) is 10.5 Å². The van der Waals surface area contributed by atoms with E-state index in [1.807, 2.05) is 49.4 Å². The largest absolute Gasteiger partial charge is 0.437 e. The van der Waals surface area contributed by atoms with E-state index in [-0.39, 0.29) is 0 Å². The summed E-state index contributed by atoms with van der Waals surface area (Å²) >= 11 is 0. The van der Waals surface area contributed by atoms with E-state index in [0.29, 0.717) is 18.2 Å². The molecule has 4 nitrogen and oxygen atoms in total. The highest BCUT2D eigenvalue weighted by atomic mass is 16.5. The van der Waals surface area contributed by atoms with Gasteiger partial charge in [0.25, 0.3) is 0 Å². The Morgan fingerprint density at radius 3 is 2.75 bits per heavy atom. The second kappa shape index (κ2) is 5.27. The first kappa shape index (κ1) is 12.6. The van der Waals surface area contributed by atoms with Crippen LogP contribution < -0.4 is 10.5 Å². The van der Waals surface area contributed by atoms with Gasteiger partial charge in [0.1, 0.15) is 5.75 Å². The van der Waals surface area contributed by atoms with Crippen LogP contribution in [0.1, 0.15) is 11.3 Å². The van der Waals surface area contributed by atoms with Gasteiger partial charge < -0.3 is 10.5 Å². The third-order valence-electron chi connectivity index (χ3n) is 3.08. The number of aromatic nitrogens is 2. The molecule has 100 valence electrons. The van der Waals surface area contributed by atoms with E-state index in [2.05, 4.69) is 9.97 Å². The summed E-state index contributed by atoms with van der Waals surface area (Å²) in [6.45, 7) is 2.32. The molecule has 0 fully saturated rings. The van der Waals surface area contributed by atoms with Crippen LogP contribution in [0.3, 0.4) is 0 Å². The van der Waals surface area contributed by atoms with Crippen LogP contribution in [0.5, 0.6) is 11.6 Å². The van der Waals surface area contributed by atoms with Crippen molar-refractivity contribution in [1.82, 2.24) is 9.97 Å². The monoisotopic (exact) mass is 265 g/mol. The zero-order valence-corrected chi connectivity index (χ0v) is 11.2. The van der Waals surface area contributed by atoms with Crippen molar-refractivity contribution in [3.8, 4) is 11.6 Å². The SMILES string of the molecule is Cc1ccc(Oc2nc3ccccc3cc2CN)cn1. The molecular formula is C16H15N3O. The summed E-state index contributed by atoms with van der Waals surface area (Å²) in [6.07, 6.45) is 1.69. The Morgan fingerprint density at radius 1 is 1.15 bits per heavy atom. The van der Waals surface area contributed by atoms with E-state index in [1.165, 1.54) is 0 Å². The first-order valence-electron chi connectivity index (χ1n) is 6.45. The molecule has 0 aliphatic rings. The molecule has 0 aliphatic carbocycles. The molecule has 0 atom stereocenters. The summed E-state index contributed by atoms with van der Waals surface area (Å²) in [7, 11) is 0. The molecule has 0 spiro atoms. The first-order valence-corrected chi connectivity index (χ1v) is 6.45. The van der Waals surface area contributed by atoms with E-state index >= 15 is 0 Å². The number of para-hydroxylation sites is 1. The minimum Gasteiger partial charge on any atom is -0.437 e. The average Bonchev–Trinajstić information content (AvgIpc) is 2.49. The molecule has 2 aromatic heterocycles. The van der Waals surface area contributed by atoms with Gasteiger partial charge in [-0.25, -0.2) is 4.98 Å². The van der Waals surface area contributed by atoms with Crippen molar-refractivity contribution in [2.24, 2.45) is 5.73 Å². The molecule has 2 heterocycles. The van der Waals surface area contributed by atoms with Crippen LogP contribution in [0.2, 0.25) is 0 Å². The summed E-state index contributed by atoms with van der Waals surface area (Å²) in [5.74, 6) is 1.20. The normalized spacial score (nSPS) is 10.7. The molecule has 0 aliphatic heterocycles. The topological polar surface area (TPSA) is 61.0 Å². The number of pyridine rings is 2. The highest BCUT2D eigenvalue weighted by Gasteiger charge is 2.08. The Bertz CT molecular complexity index is 738. The fraction of sp³-hybridized carbons (Fsp3) is 0.125. The number of hydrogen-bond donors (Lipinski definition) is 1. The molecule has 4 heteroatoms. The molecule has 0 bridgehead atoms. The lowest BCUT2D eigenvalue weighted by atomic mass is 10.1. The van der Waals surface area contributed by atoms with Crippen LogP contribution in [0.4, 0.5) is 0 Å². The van der Waals surface area contributed by atoms with E-state index in [0.717, 1.165) is 22.2 Å². The Labute approximate surface area is 117 Å². The van der Waals surface area contributed by atoms with Gasteiger partial charge in [-0.15, -0.1) is 0 Å². The Morgan fingerprint density at radius 2 is 2.00 bits per heavy atom. The zero-order chi connectivity index (χ0) is 13.9. The Hall–Kier alpha value is -2.46. The molecular weight excluding hydrogens is 250 g/mol. The van der Waals surface area contributed by atoms with Gasteiger partial charge >= 0.3 is 0 Å². The van der Waals surface area contributed by atoms with E-state index in [1.54, 1.807) is 6.20 Å². The molecule has 0 saturated heterocycles. The van der Waals surface area contributed by atoms with Crippen molar-refractivity contribution >= 4 is 10.9 Å². The van der Waals surface area contributed by atoms with Gasteiger partial charge in [0.2, 0.25) is 5.88 Å². The predicted octanol–water partition coefficient (Wildman–Crippen LogP) is 3.19. The Balaban J connectivity index is 2.03. The van der Waals surface area contributed by atoms with Gasteiger partial charge in [-0.1, -0.05) is 18.2 Å². The van der Waals surface area contributed by atoms with Crippen molar-refractivity contribution in [3.05, 3.63) is 59.9 Å². The van der Waals surface area contributed by atoms with Crippen molar-refractivity contribution in [1.29, 1.82) is 0 Å². The number of nitrogens with two attached hydrogens (primary N) is 1. The Kier molecular flexibility index (Phi) is 3.31. The zero-order valence-electron chi connectivity index (χ0n) is 11.2. The highest BCUT2D eigenvalue weighted by molar-refractivity contribution is 5.80. The summed E-state index contributed by atoms with van der Waals surface area (Å²) in [4.78, 5) is 8.74. The van der Waals surface area contributed by atoms with Crippen LogP contribution in [-0.4, -0.2) is 9.97 Å². The molecule has 0 unspecified atom stereocenters. The fourth-order valence-electron chi connectivity index (χ4n) is 2.00. The number of benzene rings is 1. The van der Waals surface area contributed by atoms with Gasteiger partial charge in [0, 0.05) is 23.2 Å². The lowest BCUT2D eigenvalue weighted by Gasteiger charge is -2.10. The maximum absolute atomic E-state index is 5.81. The molecule has 20 heavy (non-hydrogen) atoms. The molecule has 2 N–H and O–H groups in total. The van der Waals surface area contributed by atoms with Crippen LogP contribution >= 0.6 is 0 Å². The first-order chi connectivity index (χ1) is 9.76. The predicted molar refractivity (Wildman–Crippen MR) is 78.7 cm³/mol. The number of aryl methyl sites for hydroxylation is 1.